The van der Waals surface area contributed by atoms with Crippen LogP contribution < -0.4 is 5.32 Å². The molecule has 0 spiro atoms. The van der Waals surface area contributed by atoms with Gasteiger partial charge >= 0.3 is 5.97 Å². The predicted octanol–water partition coefficient (Wildman–Crippen LogP) is 2.92. The maximum absolute atomic E-state index is 13.9. The Kier molecular flexibility index (Phi) is 6.26. The average Bonchev–Trinajstić information content (AvgIpc) is 3.14. The quantitative estimate of drug-likeness (QED) is 0.765. The molecule has 3 rings (SSSR count). The summed E-state index contributed by atoms with van der Waals surface area (Å²) in [5, 5.41) is 16.1. The van der Waals surface area contributed by atoms with Gasteiger partial charge in [0.1, 0.15) is 11.6 Å². The van der Waals surface area contributed by atoms with Gasteiger partial charge in [-0.05, 0) is 32.0 Å². The van der Waals surface area contributed by atoms with E-state index < -0.39 is 35.5 Å². The van der Waals surface area contributed by atoms with E-state index >= 15 is 0 Å². The smallest absolute Gasteiger partial charge is 0.310 e. The van der Waals surface area contributed by atoms with E-state index in [0.29, 0.717) is 25.5 Å². The number of likely N-dealkylation sites (tertiary alicyclic amines) is 1. The van der Waals surface area contributed by atoms with Crippen molar-refractivity contribution < 1.29 is 28.0 Å². The lowest BCUT2D eigenvalue weighted by atomic mass is 9.82. The standard InChI is InChI=1S/C20H23F2N3O4/c1-3-4-16-18(20(27)28)14(7-8-25(16)2)23-19(26)15-10-17(29-24-15)12-6-5-11(21)9-13(12)22/h5-6,9-10,14,16,18H,3-4,7-8H2,1-2H3,(H,23,26)(H,27,28). The molecule has 0 aliphatic carbocycles. The van der Waals surface area contributed by atoms with Crippen molar-refractivity contribution >= 4 is 11.9 Å². The number of nitrogens with zero attached hydrogens (tertiary/aromatic N) is 2. The first kappa shape index (κ1) is 20.9. The Balaban J connectivity index is 1.77. The van der Waals surface area contributed by atoms with Crippen LogP contribution in [0.3, 0.4) is 0 Å². The lowest BCUT2D eigenvalue weighted by Gasteiger charge is -2.42. The Hall–Kier alpha value is -2.81. The van der Waals surface area contributed by atoms with E-state index in [0.717, 1.165) is 12.5 Å². The van der Waals surface area contributed by atoms with Crippen molar-refractivity contribution in [2.45, 2.75) is 38.3 Å². The van der Waals surface area contributed by atoms with Crippen LogP contribution in [0.2, 0.25) is 0 Å². The number of carboxylic acid groups (broad SMARTS) is 1. The zero-order valence-electron chi connectivity index (χ0n) is 16.2. The van der Waals surface area contributed by atoms with Crippen molar-refractivity contribution in [3.05, 3.63) is 41.6 Å². The van der Waals surface area contributed by atoms with Gasteiger partial charge in [0.2, 0.25) is 0 Å². The molecule has 2 heterocycles. The lowest BCUT2D eigenvalue weighted by Crippen LogP contribution is -2.58. The second kappa shape index (κ2) is 8.69. The third-order valence-electron chi connectivity index (χ3n) is 5.33. The summed E-state index contributed by atoms with van der Waals surface area (Å²) in [4.78, 5) is 26.5. The summed E-state index contributed by atoms with van der Waals surface area (Å²) in [6, 6.07) is 3.49. The maximum Gasteiger partial charge on any atom is 0.310 e. The van der Waals surface area contributed by atoms with Crippen LogP contribution in [0, 0.1) is 17.6 Å². The van der Waals surface area contributed by atoms with E-state index in [-0.39, 0.29) is 23.1 Å². The highest BCUT2D eigenvalue weighted by Gasteiger charge is 2.41. The predicted molar refractivity (Wildman–Crippen MR) is 100 cm³/mol. The molecule has 7 nitrogen and oxygen atoms in total. The first-order chi connectivity index (χ1) is 13.8. The second-order valence-corrected chi connectivity index (χ2v) is 7.27. The molecule has 3 atom stereocenters. The lowest BCUT2D eigenvalue weighted by molar-refractivity contribution is -0.147. The minimum Gasteiger partial charge on any atom is -0.481 e. The average molecular weight is 407 g/mol. The molecule has 2 N–H and O–H groups in total. The first-order valence-electron chi connectivity index (χ1n) is 9.47. The van der Waals surface area contributed by atoms with Crippen LogP contribution in [-0.4, -0.2) is 52.7 Å². The van der Waals surface area contributed by atoms with E-state index in [1.54, 1.807) is 0 Å². The normalized spacial score (nSPS) is 22.4. The molecule has 1 aliphatic heterocycles. The van der Waals surface area contributed by atoms with Crippen LogP contribution in [-0.2, 0) is 4.79 Å². The number of aromatic nitrogens is 1. The van der Waals surface area contributed by atoms with Crippen LogP contribution in [0.5, 0.6) is 0 Å². The van der Waals surface area contributed by atoms with Gasteiger partial charge < -0.3 is 19.8 Å². The zero-order valence-corrected chi connectivity index (χ0v) is 16.2. The molecule has 1 aromatic carbocycles. The summed E-state index contributed by atoms with van der Waals surface area (Å²) in [7, 11) is 1.88. The highest BCUT2D eigenvalue weighted by molar-refractivity contribution is 5.93. The van der Waals surface area contributed by atoms with Gasteiger partial charge in [0.15, 0.2) is 11.5 Å². The Morgan fingerprint density at radius 1 is 1.34 bits per heavy atom. The molecule has 1 aliphatic rings. The number of amides is 1. The summed E-state index contributed by atoms with van der Waals surface area (Å²) >= 11 is 0. The summed E-state index contributed by atoms with van der Waals surface area (Å²) in [5.41, 5.74) is -0.123. The van der Waals surface area contributed by atoms with Crippen molar-refractivity contribution in [3.8, 4) is 11.3 Å². The summed E-state index contributed by atoms with van der Waals surface area (Å²) < 4.78 is 32.0. The molecule has 0 saturated carbocycles. The van der Waals surface area contributed by atoms with Gasteiger partial charge in [-0.15, -0.1) is 0 Å². The van der Waals surface area contributed by atoms with E-state index in [1.807, 2.05) is 18.9 Å². The number of rotatable bonds is 6. The molecule has 0 radical (unpaired) electrons. The van der Waals surface area contributed by atoms with Crippen molar-refractivity contribution in [2.24, 2.45) is 5.92 Å². The third kappa shape index (κ3) is 4.45. The minimum atomic E-state index is -0.963. The van der Waals surface area contributed by atoms with Gasteiger partial charge in [0.05, 0.1) is 11.5 Å². The number of carboxylic acids is 1. The van der Waals surface area contributed by atoms with E-state index in [1.165, 1.54) is 12.1 Å². The van der Waals surface area contributed by atoms with E-state index in [9.17, 15) is 23.5 Å². The molecule has 29 heavy (non-hydrogen) atoms. The van der Waals surface area contributed by atoms with Crippen LogP contribution in [0.25, 0.3) is 11.3 Å². The van der Waals surface area contributed by atoms with Gasteiger partial charge in [-0.2, -0.15) is 0 Å². The van der Waals surface area contributed by atoms with Crippen molar-refractivity contribution in [3.63, 3.8) is 0 Å². The van der Waals surface area contributed by atoms with Gasteiger partial charge in [0.25, 0.3) is 5.91 Å². The number of carbonyl (C=O) groups is 2. The monoisotopic (exact) mass is 407 g/mol. The fourth-order valence-electron chi connectivity index (χ4n) is 3.87. The number of nitrogens with one attached hydrogen (secondary N) is 1. The molecular weight excluding hydrogens is 384 g/mol. The number of hydrogen-bond donors (Lipinski definition) is 2. The number of carbonyl (C=O) groups excluding carboxylic acids is 1. The Morgan fingerprint density at radius 3 is 2.76 bits per heavy atom. The summed E-state index contributed by atoms with van der Waals surface area (Å²) in [5.74, 6) is -3.90. The summed E-state index contributed by atoms with van der Waals surface area (Å²) in [6.45, 7) is 2.64. The number of hydrogen-bond acceptors (Lipinski definition) is 5. The highest BCUT2D eigenvalue weighted by Crippen LogP contribution is 2.28. The summed E-state index contributed by atoms with van der Waals surface area (Å²) in [6.07, 6.45) is 2.02. The molecule has 9 heteroatoms. The van der Waals surface area contributed by atoms with Crippen LogP contribution in [0.4, 0.5) is 8.78 Å². The Morgan fingerprint density at radius 2 is 2.10 bits per heavy atom. The fourth-order valence-corrected chi connectivity index (χ4v) is 3.87. The molecular formula is C20H23F2N3O4. The number of halogens is 2. The maximum atomic E-state index is 13.9. The molecule has 2 aromatic rings. The molecule has 1 saturated heterocycles. The topological polar surface area (TPSA) is 95.7 Å². The van der Waals surface area contributed by atoms with Crippen LogP contribution >= 0.6 is 0 Å². The van der Waals surface area contributed by atoms with Gasteiger partial charge in [0, 0.05) is 30.8 Å². The number of benzene rings is 1. The van der Waals surface area contributed by atoms with Gasteiger partial charge in [-0.25, -0.2) is 8.78 Å². The first-order valence-corrected chi connectivity index (χ1v) is 9.47. The van der Waals surface area contributed by atoms with E-state index in [4.69, 9.17) is 4.52 Å². The highest BCUT2D eigenvalue weighted by atomic mass is 19.1. The third-order valence-corrected chi connectivity index (χ3v) is 5.33. The van der Waals surface area contributed by atoms with Gasteiger partial charge in [-0.1, -0.05) is 18.5 Å². The minimum absolute atomic E-state index is 0.0188. The molecule has 3 unspecified atom stereocenters. The SMILES string of the molecule is CCCC1C(C(=O)O)C(NC(=O)c2cc(-c3ccc(F)cc3F)on2)CCN1C. The van der Waals surface area contributed by atoms with Crippen LogP contribution in [0.1, 0.15) is 36.7 Å². The number of aliphatic carboxylic acids is 1. The molecule has 0 bridgehead atoms. The van der Waals surface area contributed by atoms with Gasteiger partial charge in [-0.3, -0.25) is 9.59 Å². The van der Waals surface area contributed by atoms with Crippen molar-refractivity contribution in [2.75, 3.05) is 13.6 Å². The number of piperidine rings is 1. The van der Waals surface area contributed by atoms with Crippen molar-refractivity contribution in [1.29, 1.82) is 0 Å². The van der Waals surface area contributed by atoms with Crippen molar-refractivity contribution in [1.82, 2.24) is 15.4 Å². The van der Waals surface area contributed by atoms with Crippen LogP contribution in [0.15, 0.2) is 28.8 Å². The molecule has 1 amide bonds. The molecule has 156 valence electrons. The second-order valence-electron chi connectivity index (χ2n) is 7.27. The Labute approximate surface area is 166 Å². The Bertz CT molecular complexity index is 902. The molecule has 1 fully saturated rings. The molecule has 1 aromatic heterocycles. The zero-order chi connectivity index (χ0) is 21.1. The largest absolute Gasteiger partial charge is 0.481 e. The fraction of sp³-hybridized carbons (Fsp3) is 0.450. The van der Waals surface area contributed by atoms with E-state index in [2.05, 4.69) is 10.5 Å².